The molecule has 0 bridgehead atoms. The number of para-hydroxylation sites is 1. The quantitative estimate of drug-likeness (QED) is 0.922. The van der Waals surface area contributed by atoms with E-state index in [2.05, 4.69) is 4.98 Å². The molecule has 1 fully saturated rings. The first-order valence-electron chi connectivity index (χ1n) is 7.49. The lowest BCUT2D eigenvalue weighted by Gasteiger charge is -2.34. The maximum absolute atomic E-state index is 12.9. The molecule has 1 aromatic heterocycles. The smallest absolute Gasteiger partial charge is 0.256 e. The maximum Gasteiger partial charge on any atom is 0.256 e. The number of hydrogen-bond donors (Lipinski definition) is 1. The molecule has 0 spiro atoms. The maximum atomic E-state index is 12.9. The molecule has 1 N–H and O–H groups in total. The van der Waals surface area contributed by atoms with Gasteiger partial charge in [0.2, 0.25) is 0 Å². The molecule has 0 unspecified atom stereocenters. The third-order valence-corrected chi connectivity index (χ3v) is 4.19. The lowest BCUT2D eigenvalue weighted by molar-refractivity contribution is 0.0505. The fraction of sp³-hybridized carbons (Fsp3) is 0.412. The van der Waals surface area contributed by atoms with Gasteiger partial charge < -0.3 is 10.0 Å². The van der Waals surface area contributed by atoms with Crippen molar-refractivity contribution in [2.45, 2.75) is 32.2 Å². The highest BCUT2D eigenvalue weighted by molar-refractivity contribution is 6.05. The molecular weight excluding hydrogens is 264 g/mol. The second kappa shape index (κ2) is 5.82. The second-order valence-corrected chi connectivity index (χ2v) is 5.66. The number of benzene rings is 1. The van der Waals surface area contributed by atoms with Crippen LogP contribution in [0, 0.1) is 6.92 Å². The third-order valence-electron chi connectivity index (χ3n) is 4.19. The first-order valence-corrected chi connectivity index (χ1v) is 7.49. The number of nitrogens with zero attached hydrogens (tertiary/aromatic N) is 2. The van der Waals surface area contributed by atoms with E-state index in [9.17, 15) is 9.90 Å². The Balaban J connectivity index is 2.03. The van der Waals surface area contributed by atoms with Gasteiger partial charge in [0.05, 0.1) is 23.7 Å². The molecule has 0 aliphatic carbocycles. The molecule has 4 nitrogen and oxygen atoms in total. The van der Waals surface area contributed by atoms with Crippen LogP contribution in [-0.2, 0) is 0 Å². The van der Waals surface area contributed by atoms with Crippen molar-refractivity contribution in [1.82, 2.24) is 9.88 Å². The Bertz CT molecular complexity index is 669. The fourth-order valence-electron chi connectivity index (χ4n) is 3.03. The Hall–Kier alpha value is -1.94. The van der Waals surface area contributed by atoms with E-state index >= 15 is 0 Å². The summed E-state index contributed by atoms with van der Waals surface area (Å²) in [5.74, 6) is -0.0162. The molecular formula is C17H20N2O2. The van der Waals surface area contributed by atoms with Crippen LogP contribution in [0.2, 0.25) is 0 Å². The van der Waals surface area contributed by atoms with Crippen LogP contribution in [-0.4, -0.2) is 40.1 Å². The van der Waals surface area contributed by atoms with Crippen LogP contribution in [0.5, 0.6) is 0 Å². The Kier molecular flexibility index (Phi) is 3.88. The summed E-state index contributed by atoms with van der Waals surface area (Å²) >= 11 is 0. The van der Waals surface area contributed by atoms with Gasteiger partial charge in [0.1, 0.15) is 0 Å². The van der Waals surface area contributed by atoms with Gasteiger partial charge in [-0.2, -0.15) is 0 Å². The first kappa shape index (κ1) is 14.0. The van der Waals surface area contributed by atoms with Crippen LogP contribution in [0.4, 0.5) is 0 Å². The number of aryl methyl sites for hydroxylation is 1. The SMILES string of the molecule is Cc1ccc2cccc(C(=O)N3CCCC[C@H]3CO)c2n1. The summed E-state index contributed by atoms with van der Waals surface area (Å²) in [4.78, 5) is 19.2. The third kappa shape index (κ3) is 2.63. The standard InChI is InChI=1S/C17H20N2O2/c1-12-8-9-13-5-4-7-15(16(13)18-12)17(21)19-10-3-2-6-14(19)11-20/h4-5,7-9,14,20H,2-3,6,10-11H2,1H3/t14-/m0/s1. The zero-order valence-electron chi connectivity index (χ0n) is 12.2. The number of aromatic nitrogens is 1. The number of fused-ring (bicyclic) bond motifs is 1. The zero-order valence-corrected chi connectivity index (χ0v) is 12.2. The molecule has 2 heterocycles. The summed E-state index contributed by atoms with van der Waals surface area (Å²) in [5, 5.41) is 10.5. The molecule has 1 amide bonds. The van der Waals surface area contributed by atoms with Crippen LogP contribution >= 0.6 is 0 Å². The van der Waals surface area contributed by atoms with Crippen LogP contribution in [0.25, 0.3) is 10.9 Å². The molecule has 4 heteroatoms. The highest BCUT2D eigenvalue weighted by atomic mass is 16.3. The van der Waals surface area contributed by atoms with E-state index in [0.29, 0.717) is 12.1 Å². The van der Waals surface area contributed by atoms with Gasteiger partial charge in [-0.1, -0.05) is 18.2 Å². The van der Waals surface area contributed by atoms with Crippen molar-refractivity contribution in [2.75, 3.05) is 13.2 Å². The Labute approximate surface area is 124 Å². The van der Waals surface area contributed by atoms with Crippen molar-refractivity contribution in [3.63, 3.8) is 0 Å². The summed E-state index contributed by atoms with van der Waals surface area (Å²) < 4.78 is 0. The number of aliphatic hydroxyl groups excluding tert-OH is 1. The van der Waals surface area contributed by atoms with Crippen molar-refractivity contribution in [3.8, 4) is 0 Å². The van der Waals surface area contributed by atoms with E-state index in [0.717, 1.165) is 35.9 Å². The van der Waals surface area contributed by atoms with Crippen LogP contribution in [0.1, 0.15) is 35.3 Å². The van der Waals surface area contributed by atoms with E-state index in [1.54, 1.807) is 0 Å². The van der Waals surface area contributed by atoms with Crippen molar-refractivity contribution in [1.29, 1.82) is 0 Å². The van der Waals surface area contributed by atoms with E-state index in [4.69, 9.17) is 0 Å². The molecule has 1 atom stereocenters. The molecule has 3 rings (SSSR count). The van der Waals surface area contributed by atoms with Gasteiger partial charge in [0, 0.05) is 17.6 Å². The van der Waals surface area contributed by atoms with Gasteiger partial charge in [-0.3, -0.25) is 9.78 Å². The van der Waals surface area contributed by atoms with E-state index in [1.807, 2.05) is 42.2 Å². The summed E-state index contributed by atoms with van der Waals surface area (Å²) in [6, 6.07) is 9.58. The van der Waals surface area contributed by atoms with Crippen LogP contribution < -0.4 is 0 Å². The summed E-state index contributed by atoms with van der Waals surface area (Å²) in [6.45, 7) is 2.67. The number of likely N-dealkylation sites (tertiary alicyclic amines) is 1. The van der Waals surface area contributed by atoms with Gasteiger partial charge in [-0.15, -0.1) is 0 Å². The lowest BCUT2D eigenvalue weighted by atomic mass is 10.0. The van der Waals surface area contributed by atoms with E-state index < -0.39 is 0 Å². The largest absolute Gasteiger partial charge is 0.394 e. The summed E-state index contributed by atoms with van der Waals surface area (Å²) in [5.41, 5.74) is 2.29. The van der Waals surface area contributed by atoms with E-state index in [-0.39, 0.29) is 18.6 Å². The molecule has 110 valence electrons. The molecule has 0 radical (unpaired) electrons. The minimum absolute atomic E-state index is 0.0162. The Morgan fingerprint density at radius 1 is 1.33 bits per heavy atom. The van der Waals surface area contributed by atoms with Crippen LogP contribution in [0.3, 0.4) is 0 Å². The molecule has 1 saturated heterocycles. The number of amides is 1. The summed E-state index contributed by atoms with van der Waals surface area (Å²) in [7, 11) is 0. The molecule has 1 aliphatic heterocycles. The van der Waals surface area contributed by atoms with Gasteiger partial charge >= 0.3 is 0 Å². The van der Waals surface area contributed by atoms with Crippen molar-refractivity contribution in [3.05, 3.63) is 41.6 Å². The fourth-order valence-corrected chi connectivity index (χ4v) is 3.03. The number of hydrogen-bond acceptors (Lipinski definition) is 3. The topological polar surface area (TPSA) is 53.4 Å². The van der Waals surface area contributed by atoms with Crippen molar-refractivity contribution >= 4 is 16.8 Å². The molecule has 2 aromatic rings. The van der Waals surface area contributed by atoms with E-state index in [1.165, 1.54) is 0 Å². The van der Waals surface area contributed by atoms with Crippen molar-refractivity contribution in [2.24, 2.45) is 0 Å². The minimum Gasteiger partial charge on any atom is -0.394 e. The number of carbonyl (C=O) groups is 1. The predicted octanol–water partition coefficient (Wildman–Crippen LogP) is 2.53. The van der Waals surface area contributed by atoms with Gasteiger partial charge in [0.15, 0.2) is 0 Å². The predicted molar refractivity (Wildman–Crippen MR) is 82.2 cm³/mol. The Morgan fingerprint density at radius 2 is 2.19 bits per heavy atom. The molecule has 21 heavy (non-hydrogen) atoms. The first-order chi connectivity index (χ1) is 10.2. The monoisotopic (exact) mass is 284 g/mol. The number of pyridine rings is 1. The van der Waals surface area contributed by atoms with Gasteiger partial charge in [-0.05, 0) is 38.3 Å². The number of piperidine rings is 1. The lowest BCUT2D eigenvalue weighted by Crippen LogP contribution is -2.45. The molecule has 0 saturated carbocycles. The number of rotatable bonds is 2. The summed E-state index contributed by atoms with van der Waals surface area (Å²) in [6.07, 6.45) is 2.95. The Morgan fingerprint density at radius 3 is 3.00 bits per heavy atom. The second-order valence-electron chi connectivity index (χ2n) is 5.66. The van der Waals surface area contributed by atoms with Gasteiger partial charge in [0.25, 0.3) is 5.91 Å². The number of carbonyl (C=O) groups excluding carboxylic acids is 1. The molecule has 1 aliphatic rings. The van der Waals surface area contributed by atoms with Crippen molar-refractivity contribution < 1.29 is 9.90 Å². The average molecular weight is 284 g/mol. The number of aliphatic hydroxyl groups is 1. The zero-order chi connectivity index (χ0) is 14.8. The van der Waals surface area contributed by atoms with Crippen LogP contribution in [0.15, 0.2) is 30.3 Å². The molecule has 1 aromatic carbocycles. The minimum atomic E-state index is -0.0636. The normalized spacial score (nSPS) is 19.0. The highest BCUT2D eigenvalue weighted by Gasteiger charge is 2.28. The van der Waals surface area contributed by atoms with Gasteiger partial charge in [-0.25, -0.2) is 0 Å². The highest BCUT2D eigenvalue weighted by Crippen LogP contribution is 2.23. The average Bonchev–Trinajstić information content (AvgIpc) is 2.53.